The lowest BCUT2D eigenvalue weighted by Crippen LogP contribution is -1.83. The van der Waals surface area contributed by atoms with Crippen LogP contribution in [0.2, 0.25) is 0 Å². The summed E-state index contributed by atoms with van der Waals surface area (Å²) in [5.74, 6) is -0.300. The third kappa shape index (κ3) is 1.50. The van der Waals surface area contributed by atoms with Crippen molar-refractivity contribution >= 4 is 0 Å². The van der Waals surface area contributed by atoms with Crippen molar-refractivity contribution in [2.24, 2.45) is 0 Å². The van der Waals surface area contributed by atoms with Gasteiger partial charge < -0.3 is 10.2 Å². The maximum atomic E-state index is 9.26. The van der Waals surface area contributed by atoms with Crippen LogP contribution in [-0.2, 0) is 0 Å². The monoisotopic (exact) mass is 188 g/mol. The highest BCUT2D eigenvalue weighted by Gasteiger charge is 2.03. The number of phenolic OH excluding ortho intramolecular Hbond substituents is 2. The molecule has 2 N–H and O–H groups in total. The molecule has 0 aliphatic carbocycles. The minimum absolute atomic E-state index is 0.141. The molecule has 0 unspecified atom stereocenters. The van der Waals surface area contributed by atoms with Crippen LogP contribution in [0.5, 0.6) is 11.5 Å². The summed E-state index contributed by atoms with van der Waals surface area (Å²) in [6.07, 6.45) is 4.73. The number of hydrogen-bond acceptors (Lipinski definition) is 4. The summed E-state index contributed by atoms with van der Waals surface area (Å²) in [7, 11) is 0. The molecule has 0 spiro atoms. The van der Waals surface area contributed by atoms with Gasteiger partial charge in [0.25, 0.3) is 0 Å². The van der Waals surface area contributed by atoms with Crippen LogP contribution in [0, 0.1) is 0 Å². The molecule has 0 aliphatic rings. The maximum Gasteiger partial charge on any atom is 0.158 e. The number of phenols is 2. The van der Waals surface area contributed by atoms with Crippen molar-refractivity contribution in [2.45, 2.75) is 0 Å². The summed E-state index contributed by atoms with van der Waals surface area (Å²) in [6.45, 7) is 0. The van der Waals surface area contributed by atoms with Crippen LogP contribution in [0.25, 0.3) is 11.3 Å². The zero-order valence-electron chi connectivity index (χ0n) is 7.25. The summed E-state index contributed by atoms with van der Waals surface area (Å²) in [6, 6.07) is 4.53. The van der Waals surface area contributed by atoms with Crippen LogP contribution in [0.15, 0.2) is 36.8 Å². The Labute approximate surface area is 80.5 Å². The third-order valence-corrected chi connectivity index (χ3v) is 1.83. The van der Waals surface area contributed by atoms with E-state index >= 15 is 0 Å². The smallest absolute Gasteiger partial charge is 0.158 e. The molecule has 0 radical (unpaired) electrons. The van der Waals surface area contributed by atoms with E-state index in [2.05, 4.69) is 9.97 Å². The van der Waals surface area contributed by atoms with Crippen molar-refractivity contribution in [1.82, 2.24) is 9.97 Å². The summed E-state index contributed by atoms with van der Waals surface area (Å²) >= 11 is 0. The van der Waals surface area contributed by atoms with Crippen LogP contribution in [-0.4, -0.2) is 20.2 Å². The standard InChI is InChI=1S/C10H8N2O2/c13-9-2-1-7(5-10(9)14)8-6-11-3-4-12-8/h1-6,13-14H. The highest BCUT2D eigenvalue weighted by molar-refractivity contribution is 5.62. The Kier molecular flexibility index (Phi) is 2.02. The van der Waals surface area contributed by atoms with Crippen LogP contribution < -0.4 is 0 Å². The van der Waals surface area contributed by atoms with Gasteiger partial charge in [0.2, 0.25) is 0 Å². The first-order chi connectivity index (χ1) is 6.77. The average Bonchev–Trinajstić information content (AvgIpc) is 2.23. The molecular formula is C10H8N2O2. The molecule has 0 saturated carbocycles. The van der Waals surface area contributed by atoms with Gasteiger partial charge in [0.05, 0.1) is 11.9 Å². The molecule has 2 aromatic rings. The van der Waals surface area contributed by atoms with E-state index in [9.17, 15) is 5.11 Å². The number of aromatic nitrogens is 2. The van der Waals surface area contributed by atoms with Crippen molar-refractivity contribution in [3.8, 4) is 22.8 Å². The van der Waals surface area contributed by atoms with Gasteiger partial charge >= 0.3 is 0 Å². The zero-order valence-corrected chi connectivity index (χ0v) is 7.25. The minimum Gasteiger partial charge on any atom is -0.504 e. The number of aromatic hydroxyl groups is 2. The highest BCUT2D eigenvalue weighted by atomic mass is 16.3. The van der Waals surface area contributed by atoms with Gasteiger partial charge in [-0.05, 0) is 18.2 Å². The molecule has 4 heteroatoms. The molecular weight excluding hydrogens is 180 g/mol. The quantitative estimate of drug-likeness (QED) is 0.666. The zero-order chi connectivity index (χ0) is 9.97. The van der Waals surface area contributed by atoms with Crippen molar-refractivity contribution in [3.63, 3.8) is 0 Å². The summed E-state index contributed by atoms with van der Waals surface area (Å²) < 4.78 is 0. The van der Waals surface area contributed by atoms with E-state index in [0.717, 1.165) is 0 Å². The van der Waals surface area contributed by atoms with Crippen LogP contribution in [0.1, 0.15) is 0 Å². The van der Waals surface area contributed by atoms with Crippen LogP contribution in [0.4, 0.5) is 0 Å². The Balaban J connectivity index is 2.48. The Morgan fingerprint density at radius 2 is 1.86 bits per heavy atom. The van der Waals surface area contributed by atoms with Crippen LogP contribution >= 0.6 is 0 Å². The lowest BCUT2D eigenvalue weighted by Gasteiger charge is -2.01. The van der Waals surface area contributed by atoms with Gasteiger partial charge in [0.1, 0.15) is 0 Å². The lowest BCUT2D eigenvalue weighted by molar-refractivity contribution is 0.404. The molecule has 2 rings (SSSR count). The van der Waals surface area contributed by atoms with Gasteiger partial charge in [-0.2, -0.15) is 0 Å². The molecule has 0 aliphatic heterocycles. The SMILES string of the molecule is Oc1ccc(-c2cnccn2)cc1O. The molecule has 0 amide bonds. The van der Waals surface area contributed by atoms with Crippen molar-refractivity contribution in [1.29, 1.82) is 0 Å². The molecule has 70 valence electrons. The minimum atomic E-state index is -0.159. The fraction of sp³-hybridized carbons (Fsp3) is 0. The van der Waals surface area contributed by atoms with E-state index < -0.39 is 0 Å². The second kappa shape index (κ2) is 3.33. The second-order valence-electron chi connectivity index (χ2n) is 2.79. The molecule has 1 aromatic heterocycles. The second-order valence-corrected chi connectivity index (χ2v) is 2.79. The molecule has 0 fully saturated rings. The lowest BCUT2D eigenvalue weighted by atomic mass is 10.1. The molecule has 4 nitrogen and oxygen atoms in total. The molecule has 1 heterocycles. The van der Waals surface area contributed by atoms with E-state index in [1.54, 1.807) is 24.7 Å². The largest absolute Gasteiger partial charge is 0.504 e. The van der Waals surface area contributed by atoms with Gasteiger partial charge in [0, 0.05) is 18.0 Å². The van der Waals surface area contributed by atoms with E-state index in [4.69, 9.17) is 5.11 Å². The first-order valence-corrected chi connectivity index (χ1v) is 4.06. The number of nitrogens with zero attached hydrogens (tertiary/aromatic N) is 2. The van der Waals surface area contributed by atoms with E-state index in [1.807, 2.05) is 0 Å². The Morgan fingerprint density at radius 3 is 2.50 bits per heavy atom. The fourth-order valence-electron chi connectivity index (χ4n) is 1.13. The van der Waals surface area contributed by atoms with Gasteiger partial charge in [0.15, 0.2) is 11.5 Å². The first kappa shape index (κ1) is 8.50. The predicted molar refractivity (Wildman–Crippen MR) is 50.8 cm³/mol. The Hall–Kier alpha value is -2.10. The Morgan fingerprint density at radius 1 is 1.00 bits per heavy atom. The molecule has 0 atom stereocenters. The maximum absolute atomic E-state index is 9.26. The van der Waals surface area contributed by atoms with Crippen molar-refractivity contribution in [3.05, 3.63) is 36.8 Å². The van der Waals surface area contributed by atoms with Crippen molar-refractivity contribution < 1.29 is 10.2 Å². The topological polar surface area (TPSA) is 66.2 Å². The van der Waals surface area contributed by atoms with Gasteiger partial charge in [-0.15, -0.1) is 0 Å². The van der Waals surface area contributed by atoms with E-state index in [1.165, 1.54) is 12.1 Å². The molecule has 1 aromatic carbocycles. The number of hydrogen-bond donors (Lipinski definition) is 2. The highest BCUT2D eigenvalue weighted by Crippen LogP contribution is 2.28. The normalized spacial score (nSPS) is 10.0. The Bertz CT molecular complexity index is 443. The average molecular weight is 188 g/mol. The molecule has 14 heavy (non-hydrogen) atoms. The van der Waals surface area contributed by atoms with Crippen molar-refractivity contribution in [2.75, 3.05) is 0 Å². The predicted octanol–water partition coefficient (Wildman–Crippen LogP) is 1.55. The van der Waals surface area contributed by atoms with Gasteiger partial charge in [-0.3, -0.25) is 9.97 Å². The van der Waals surface area contributed by atoms with E-state index in [0.29, 0.717) is 11.3 Å². The fourth-order valence-corrected chi connectivity index (χ4v) is 1.13. The number of rotatable bonds is 1. The number of benzene rings is 1. The summed E-state index contributed by atoms with van der Waals surface area (Å²) in [5.41, 5.74) is 1.37. The molecule has 0 bridgehead atoms. The van der Waals surface area contributed by atoms with Crippen LogP contribution in [0.3, 0.4) is 0 Å². The van der Waals surface area contributed by atoms with E-state index in [-0.39, 0.29) is 11.5 Å². The third-order valence-electron chi connectivity index (χ3n) is 1.83. The van der Waals surface area contributed by atoms with Gasteiger partial charge in [-0.1, -0.05) is 0 Å². The summed E-state index contributed by atoms with van der Waals surface area (Å²) in [4.78, 5) is 7.97. The first-order valence-electron chi connectivity index (χ1n) is 4.06. The molecule has 0 saturated heterocycles. The summed E-state index contributed by atoms with van der Waals surface area (Å²) in [5, 5.41) is 18.4. The van der Waals surface area contributed by atoms with Gasteiger partial charge in [-0.25, -0.2) is 0 Å².